The highest BCUT2D eigenvalue weighted by Crippen LogP contribution is 2.12. The minimum absolute atomic E-state index is 0.144. The van der Waals surface area contributed by atoms with Gasteiger partial charge in [-0.3, -0.25) is 4.68 Å². The van der Waals surface area contributed by atoms with Gasteiger partial charge in [0, 0.05) is 30.0 Å². The second-order valence-electron chi connectivity index (χ2n) is 4.96. The molecule has 0 bridgehead atoms. The largest absolute Gasteiger partial charge is 0.394 e. The molecule has 1 rings (SSSR count). The Morgan fingerprint density at radius 3 is 2.69 bits per heavy atom. The summed E-state index contributed by atoms with van der Waals surface area (Å²) in [5.41, 5.74) is 0.928. The van der Waals surface area contributed by atoms with E-state index in [1.165, 1.54) is 0 Å². The van der Waals surface area contributed by atoms with Crippen molar-refractivity contribution in [2.45, 2.75) is 52.2 Å². The van der Waals surface area contributed by atoms with Crippen LogP contribution in [0.1, 0.15) is 32.9 Å². The van der Waals surface area contributed by atoms with Gasteiger partial charge in [0.05, 0.1) is 6.61 Å². The van der Waals surface area contributed by atoms with Gasteiger partial charge in [-0.15, -0.1) is 0 Å². The molecule has 0 aromatic carbocycles. The molecule has 0 amide bonds. The van der Waals surface area contributed by atoms with E-state index in [9.17, 15) is 5.11 Å². The summed E-state index contributed by atoms with van der Waals surface area (Å²) in [6.07, 6.45) is 2.67. The van der Waals surface area contributed by atoms with Crippen molar-refractivity contribution < 1.29 is 5.11 Å². The number of aliphatic hydroxyl groups is 1. The first kappa shape index (κ1) is 13.2. The topological polar surface area (TPSA) is 50.1 Å². The van der Waals surface area contributed by atoms with Gasteiger partial charge in [0.1, 0.15) is 0 Å². The van der Waals surface area contributed by atoms with E-state index in [4.69, 9.17) is 0 Å². The Balaban J connectivity index is 2.54. The molecule has 2 N–H and O–H groups in total. The van der Waals surface area contributed by atoms with Crippen molar-refractivity contribution in [1.82, 2.24) is 15.1 Å². The van der Waals surface area contributed by atoms with Gasteiger partial charge in [0.2, 0.25) is 0 Å². The second kappa shape index (κ2) is 5.46. The van der Waals surface area contributed by atoms with E-state index in [-0.39, 0.29) is 12.1 Å². The molecule has 0 spiro atoms. The molecule has 0 radical (unpaired) electrons. The minimum atomic E-state index is -0.230. The Bertz CT molecular complexity index is 322. The van der Waals surface area contributed by atoms with Gasteiger partial charge in [-0.25, -0.2) is 0 Å². The summed E-state index contributed by atoms with van der Waals surface area (Å²) < 4.78 is 1.97. The molecule has 4 heteroatoms. The SMILES string of the molecule is Cc1ccnn1CCC(C)(CO)NC(C)C. The Kier molecular flexibility index (Phi) is 4.50. The van der Waals surface area contributed by atoms with Crippen LogP contribution in [0.5, 0.6) is 0 Å². The zero-order chi connectivity index (χ0) is 12.2. The predicted octanol–water partition coefficient (Wildman–Crippen LogP) is 1.33. The van der Waals surface area contributed by atoms with Crippen molar-refractivity contribution in [3.8, 4) is 0 Å². The van der Waals surface area contributed by atoms with Crippen LogP contribution in [0.15, 0.2) is 12.3 Å². The number of aromatic nitrogens is 2. The van der Waals surface area contributed by atoms with Crippen molar-refractivity contribution >= 4 is 0 Å². The number of nitrogens with one attached hydrogen (secondary N) is 1. The van der Waals surface area contributed by atoms with Crippen LogP contribution in [-0.2, 0) is 6.54 Å². The highest BCUT2D eigenvalue weighted by atomic mass is 16.3. The van der Waals surface area contributed by atoms with Gasteiger partial charge >= 0.3 is 0 Å². The summed E-state index contributed by atoms with van der Waals surface area (Å²) in [6, 6.07) is 2.36. The van der Waals surface area contributed by atoms with E-state index in [2.05, 4.69) is 24.3 Å². The summed E-state index contributed by atoms with van der Waals surface area (Å²) in [5, 5.41) is 17.1. The third-order valence-electron chi connectivity index (χ3n) is 2.79. The van der Waals surface area contributed by atoms with Crippen molar-refractivity contribution in [2.75, 3.05) is 6.61 Å². The Labute approximate surface area is 97.7 Å². The molecular formula is C12H23N3O. The molecule has 16 heavy (non-hydrogen) atoms. The summed E-state index contributed by atoms with van der Waals surface area (Å²) >= 11 is 0. The molecule has 1 aromatic rings. The van der Waals surface area contributed by atoms with Crippen LogP contribution >= 0.6 is 0 Å². The smallest absolute Gasteiger partial charge is 0.0611 e. The van der Waals surface area contributed by atoms with Crippen LogP contribution in [0.2, 0.25) is 0 Å². The lowest BCUT2D eigenvalue weighted by Crippen LogP contribution is -2.49. The average molecular weight is 225 g/mol. The molecule has 4 nitrogen and oxygen atoms in total. The lowest BCUT2D eigenvalue weighted by molar-refractivity contribution is 0.150. The van der Waals surface area contributed by atoms with Crippen LogP contribution < -0.4 is 5.32 Å². The van der Waals surface area contributed by atoms with Gasteiger partial charge in [-0.05, 0) is 26.3 Å². The van der Waals surface area contributed by atoms with Crippen molar-refractivity contribution in [1.29, 1.82) is 0 Å². The Hall–Kier alpha value is -0.870. The summed E-state index contributed by atoms with van der Waals surface area (Å²) in [4.78, 5) is 0. The fraction of sp³-hybridized carbons (Fsp3) is 0.750. The van der Waals surface area contributed by atoms with Crippen LogP contribution in [0.25, 0.3) is 0 Å². The van der Waals surface area contributed by atoms with E-state index < -0.39 is 0 Å². The number of hydrogen-bond acceptors (Lipinski definition) is 3. The number of hydrogen-bond donors (Lipinski definition) is 2. The number of aliphatic hydroxyl groups excluding tert-OH is 1. The van der Waals surface area contributed by atoms with E-state index in [1.54, 1.807) is 0 Å². The molecule has 1 unspecified atom stereocenters. The summed E-state index contributed by atoms with van der Waals surface area (Å²) in [5.74, 6) is 0. The minimum Gasteiger partial charge on any atom is -0.394 e. The highest BCUT2D eigenvalue weighted by molar-refractivity contribution is 4.97. The molecular weight excluding hydrogens is 202 g/mol. The highest BCUT2D eigenvalue weighted by Gasteiger charge is 2.23. The molecule has 0 aliphatic heterocycles. The molecule has 0 fully saturated rings. The van der Waals surface area contributed by atoms with Gasteiger partial charge in [-0.2, -0.15) is 5.10 Å². The van der Waals surface area contributed by atoms with Crippen molar-refractivity contribution in [2.24, 2.45) is 0 Å². The van der Waals surface area contributed by atoms with Crippen molar-refractivity contribution in [3.05, 3.63) is 18.0 Å². The van der Waals surface area contributed by atoms with Crippen LogP contribution in [0.4, 0.5) is 0 Å². The Morgan fingerprint density at radius 1 is 1.56 bits per heavy atom. The quantitative estimate of drug-likeness (QED) is 0.768. The second-order valence-corrected chi connectivity index (χ2v) is 4.96. The number of aryl methyl sites for hydroxylation is 2. The van der Waals surface area contributed by atoms with Crippen LogP contribution in [0, 0.1) is 6.92 Å². The lowest BCUT2D eigenvalue weighted by atomic mass is 9.98. The summed E-state index contributed by atoms with van der Waals surface area (Å²) in [6.45, 7) is 9.24. The fourth-order valence-electron chi connectivity index (χ4n) is 1.88. The molecule has 0 saturated carbocycles. The standard InChI is InChI=1S/C12H23N3O/c1-10(2)14-12(4,9-16)6-8-15-11(3)5-7-13-15/h5,7,10,14,16H,6,8-9H2,1-4H3. The van der Waals surface area contributed by atoms with Gasteiger partial charge in [-0.1, -0.05) is 13.8 Å². The molecule has 1 atom stereocenters. The molecule has 92 valence electrons. The maximum Gasteiger partial charge on any atom is 0.0611 e. The fourth-order valence-corrected chi connectivity index (χ4v) is 1.88. The van der Waals surface area contributed by atoms with Gasteiger partial charge in [0.15, 0.2) is 0 Å². The molecule has 0 aliphatic carbocycles. The number of rotatable bonds is 6. The third-order valence-corrected chi connectivity index (χ3v) is 2.79. The van der Waals surface area contributed by atoms with E-state index in [1.807, 2.05) is 30.8 Å². The van der Waals surface area contributed by atoms with Crippen LogP contribution in [0.3, 0.4) is 0 Å². The Morgan fingerprint density at radius 2 is 2.25 bits per heavy atom. The third kappa shape index (κ3) is 3.61. The van der Waals surface area contributed by atoms with E-state index >= 15 is 0 Å². The first-order chi connectivity index (χ1) is 7.47. The molecule has 1 aromatic heterocycles. The average Bonchev–Trinajstić information content (AvgIpc) is 2.60. The van der Waals surface area contributed by atoms with E-state index in [0.29, 0.717) is 6.04 Å². The van der Waals surface area contributed by atoms with Crippen molar-refractivity contribution in [3.63, 3.8) is 0 Å². The first-order valence-corrected chi connectivity index (χ1v) is 5.84. The van der Waals surface area contributed by atoms with Gasteiger partial charge < -0.3 is 10.4 Å². The maximum atomic E-state index is 9.44. The molecule has 0 saturated heterocycles. The zero-order valence-electron chi connectivity index (χ0n) is 10.7. The zero-order valence-corrected chi connectivity index (χ0v) is 10.7. The van der Waals surface area contributed by atoms with E-state index in [0.717, 1.165) is 18.7 Å². The normalized spacial score (nSPS) is 15.4. The first-order valence-electron chi connectivity index (χ1n) is 5.84. The number of nitrogens with zero attached hydrogens (tertiary/aromatic N) is 2. The lowest BCUT2D eigenvalue weighted by Gasteiger charge is -2.31. The monoisotopic (exact) mass is 225 g/mol. The summed E-state index contributed by atoms with van der Waals surface area (Å²) in [7, 11) is 0. The molecule has 1 heterocycles. The predicted molar refractivity (Wildman–Crippen MR) is 65.3 cm³/mol. The van der Waals surface area contributed by atoms with Crippen LogP contribution in [-0.4, -0.2) is 33.1 Å². The maximum absolute atomic E-state index is 9.44. The molecule has 0 aliphatic rings. The van der Waals surface area contributed by atoms with Gasteiger partial charge in [0.25, 0.3) is 0 Å².